The first-order valence-corrected chi connectivity index (χ1v) is 8.95. The largest absolute Gasteiger partial charge is 0.569 e. The molecule has 0 aliphatic heterocycles. The van der Waals surface area contributed by atoms with Crippen molar-refractivity contribution in [2.75, 3.05) is 41.3 Å². The van der Waals surface area contributed by atoms with Crippen LogP contribution in [0.1, 0.15) is 46.5 Å². The van der Waals surface area contributed by atoms with Crippen molar-refractivity contribution < 1.29 is 23.8 Å². The van der Waals surface area contributed by atoms with E-state index in [-0.39, 0.29) is 23.5 Å². The third-order valence-corrected chi connectivity index (χ3v) is 4.51. The fourth-order valence-electron chi connectivity index (χ4n) is 2.36. The summed E-state index contributed by atoms with van der Waals surface area (Å²) in [6, 6.07) is 0. The van der Waals surface area contributed by atoms with Gasteiger partial charge in [-0.1, -0.05) is 0 Å². The van der Waals surface area contributed by atoms with E-state index in [9.17, 15) is 10.0 Å². The molecule has 8 heteroatoms. The van der Waals surface area contributed by atoms with Gasteiger partial charge in [-0.3, -0.25) is 4.79 Å². The van der Waals surface area contributed by atoms with Crippen molar-refractivity contribution >= 4 is 5.97 Å². The molecule has 0 amide bonds. The van der Waals surface area contributed by atoms with Crippen LogP contribution < -0.4 is 0 Å². The minimum atomic E-state index is -0.332. The number of nitrogens with zero attached hydrogens (tertiary/aromatic N) is 4. The van der Waals surface area contributed by atoms with E-state index in [2.05, 4.69) is 26.4 Å². The van der Waals surface area contributed by atoms with E-state index in [1.54, 1.807) is 7.05 Å². The molecule has 8 nitrogen and oxygen atoms in total. The molecule has 0 aromatic heterocycles. The van der Waals surface area contributed by atoms with E-state index in [1.807, 2.05) is 20.8 Å². The number of hydrogen-bond acceptors (Lipinski definition) is 5. The molecular formula is C17H35N4O4+. The lowest BCUT2D eigenvalue weighted by molar-refractivity contribution is -0.870. The lowest BCUT2D eigenvalue weighted by atomic mass is 9.87. The minimum Gasteiger partial charge on any atom is -0.569 e. The van der Waals surface area contributed by atoms with Gasteiger partial charge in [0, 0.05) is 0 Å². The Morgan fingerprint density at radius 1 is 1.24 bits per heavy atom. The van der Waals surface area contributed by atoms with Crippen LogP contribution >= 0.6 is 0 Å². The molecule has 1 aliphatic carbocycles. The molecule has 1 rings (SSSR count). The number of likely N-dealkylation sites (N-methyl/N-ethyl adjacent to an activating group) is 1. The number of hydrazine groups is 1. The number of esters is 1. The van der Waals surface area contributed by atoms with Crippen molar-refractivity contribution in [3.05, 3.63) is 5.21 Å². The second-order valence-electron chi connectivity index (χ2n) is 8.79. The van der Waals surface area contributed by atoms with Gasteiger partial charge in [0.25, 0.3) is 0 Å². The van der Waals surface area contributed by atoms with Gasteiger partial charge in [0.2, 0.25) is 5.28 Å². The monoisotopic (exact) mass is 359 g/mol. The van der Waals surface area contributed by atoms with E-state index in [1.165, 1.54) is 5.01 Å². The molecule has 0 radical (unpaired) electrons. The third-order valence-electron chi connectivity index (χ3n) is 4.51. The molecule has 0 aromatic carbocycles. The predicted molar refractivity (Wildman–Crippen MR) is 94.3 cm³/mol. The molecule has 1 aliphatic rings. The Morgan fingerprint density at radius 2 is 1.80 bits per heavy atom. The molecule has 146 valence electrons. The summed E-state index contributed by atoms with van der Waals surface area (Å²) >= 11 is 0. The maximum Gasteiger partial charge on any atom is 0.309 e. The van der Waals surface area contributed by atoms with Crippen LogP contribution in [0.25, 0.3) is 0 Å². The van der Waals surface area contributed by atoms with Gasteiger partial charge in [-0.15, -0.1) is 5.01 Å². The third kappa shape index (κ3) is 7.90. The van der Waals surface area contributed by atoms with E-state index < -0.39 is 0 Å². The van der Waals surface area contributed by atoms with E-state index >= 15 is 0 Å². The Morgan fingerprint density at radius 3 is 2.28 bits per heavy atom. The van der Waals surface area contributed by atoms with Crippen LogP contribution in [0.2, 0.25) is 0 Å². The normalized spacial score (nSPS) is 22.4. The van der Waals surface area contributed by atoms with Gasteiger partial charge >= 0.3 is 5.97 Å². The first kappa shape index (κ1) is 21.5. The zero-order chi connectivity index (χ0) is 19.3. The topological polar surface area (TPSA) is 77.2 Å². The van der Waals surface area contributed by atoms with Crippen LogP contribution in [-0.4, -0.2) is 73.4 Å². The zero-order valence-corrected chi connectivity index (χ0v) is 16.8. The lowest BCUT2D eigenvalue weighted by Gasteiger charge is -2.28. The Balaban J connectivity index is 2.35. The minimum absolute atomic E-state index is 0.0760. The van der Waals surface area contributed by atoms with Crippen LogP contribution in [0.5, 0.6) is 0 Å². The van der Waals surface area contributed by atoms with Crippen LogP contribution in [0.4, 0.5) is 0 Å². The number of rotatable bonds is 7. The Bertz CT molecular complexity index is 460. The second-order valence-corrected chi connectivity index (χ2v) is 8.79. The molecule has 0 atom stereocenters. The number of quaternary nitrogens is 1. The quantitative estimate of drug-likeness (QED) is 0.229. The van der Waals surface area contributed by atoms with E-state index in [0.29, 0.717) is 37.3 Å². The molecule has 0 aromatic rings. The van der Waals surface area contributed by atoms with Crippen LogP contribution in [0, 0.1) is 11.1 Å². The van der Waals surface area contributed by atoms with Gasteiger partial charge in [0.1, 0.15) is 19.3 Å². The van der Waals surface area contributed by atoms with Gasteiger partial charge < -0.3 is 19.3 Å². The molecule has 0 bridgehead atoms. The highest BCUT2D eigenvalue weighted by molar-refractivity contribution is 5.72. The van der Waals surface area contributed by atoms with Crippen LogP contribution in [-0.2, 0) is 14.4 Å². The molecule has 0 spiro atoms. The summed E-state index contributed by atoms with van der Waals surface area (Å²) in [7, 11) is 7.87. The Hall–Kier alpha value is -1.57. The van der Waals surface area contributed by atoms with Crippen molar-refractivity contribution in [2.24, 2.45) is 11.2 Å². The maximum atomic E-state index is 12.1. The molecule has 1 fully saturated rings. The fourth-order valence-corrected chi connectivity index (χ4v) is 2.36. The standard InChI is InChI=1S/C17H35N4O4/c1-17(2,3)19(4)20(23)18-25-15-10-8-14(9-11-15)16(22)24-13-12-21(5,6)7/h14-15H,8-13H2,1-7H3/q+1/b20-18-/t14-,15+. The van der Waals surface area contributed by atoms with Crippen molar-refractivity contribution in [3.63, 3.8) is 0 Å². The molecule has 0 unspecified atom stereocenters. The molecule has 0 N–H and O–H groups in total. The van der Waals surface area contributed by atoms with Gasteiger partial charge in [-0.25, -0.2) is 0 Å². The summed E-state index contributed by atoms with van der Waals surface area (Å²) in [5.41, 5.74) is -0.332. The highest BCUT2D eigenvalue weighted by Crippen LogP contribution is 2.27. The summed E-state index contributed by atoms with van der Waals surface area (Å²) in [5, 5.41) is 17.0. The van der Waals surface area contributed by atoms with Crippen molar-refractivity contribution in [2.45, 2.75) is 58.1 Å². The zero-order valence-electron chi connectivity index (χ0n) is 16.8. The van der Waals surface area contributed by atoms with Gasteiger partial charge in [-0.05, 0) is 46.5 Å². The predicted octanol–water partition coefficient (Wildman–Crippen LogP) is 2.33. The van der Waals surface area contributed by atoms with Gasteiger partial charge in [-0.2, -0.15) is 0 Å². The number of hydrogen-bond donors (Lipinski definition) is 0. The molecule has 0 saturated heterocycles. The summed E-state index contributed by atoms with van der Waals surface area (Å²) in [6.45, 7) is 7.00. The Labute approximate surface area is 151 Å². The average Bonchev–Trinajstić information content (AvgIpc) is 2.50. The average molecular weight is 359 g/mol. The first-order chi connectivity index (χ1) is 11.4. The maximum absolute atomic E-state index is 12.1. The number of ether oxygens (including phenoxy) is 1. The fraction of sp³-hybridized carbons (Fsp3) is 0.941. The van der Waals surface area contributed by atoms with Gasteiger partial charge in [0.15, 0.2) is 0 Å². The van der Waals surface area contributed by atoms with Crippen LogP contribution in [0.3, 0.4) is 0 Å². The highest BCUT2D eigenvalue weighted by Gasteiger charge is 2.30. The molecule has 1 saturated carbocycles. The van der Waals surface area contributed by atoms with Crippen molar-refractivity contribution in [1.82, 2.24) is 5.01 Å². The Kier molecular flexibility index (Phi) is 7.46. The van der Waals surface area contributed by atoms with Crippen molar-refractivity contribution in [3.8, 4) is 0 Å². The van der Waals surface area contributed by atoms with Crippen molar-refractivity contribution in [1.29, 1.82) is 0 Å². The first-order valence-electron chi connectivity index (χ1n) is 8.95. The summed E-state index contributed by atoms with van der Waals surface area (Å²) in [6.07, 6.45) is 2.69. The smallest absolute Gasteiger partial charge is 0.309 e. The van der Waals surface area contributed by atoms with E-state index in [0.717, 1.165) is 11.0 Å². The molecule has 25 heavy (non-hydrogen) atoms. The SMILES string of the molecule is CN(/[N+]([O-])=N/O[C@H]1CC[C@@H](C(=O)OCC[N+](C)(C)C)CC1)C(C)(C)C. The highest BCUT2D eigenvalue weighted by atomic mass is 16.7. The second kappa shape index (κ2) is 8.69. The number of carbonyl (C=O) groups is 1. The number of carbonyl (C=O) groups excluding carboxylic acids is 1. The molecule has 0 heterocycles. The molecular weight excluding hydrogens is 324 g/mol. The van der Waals surface area contributed by atoms with Gasteiger partial charge in [0.05, 0.1) is 44.6 Å². The lowest BCUT2D eigenvalue weighted by Crippen LogP contribution is -2.42. The summed E-state index contributed by atoms with van der Waals surface area (Å²) < 4.78 is 6.14. The summed E-state index contributed by atoms with van der Waals surface area (Å²) in [4.78, 5) is 17.9. The van der Waals surface area contributed by atoms with E-state index in [4.69, 9.17) is 9.57 Å². The van der Waals surface area contributed by atoms with Crippen LogP contribution in [0.15, 0.2) is 5.28 Å². The summed E-state index contributed by atoms with van der Waals surface area (Å²) in [5.74, 6) is -0.199.